The number of carbonyl (C=O) groups excluding carboxylic acids is 1. The Morgan fingerprint density at radius 1 is 1.08 bits per heavy atom. The predicted molar refractivity (Wildman–Crippen MR) is 94.7 cm³/mol. The minimum absolute atomic E-state index is 0.0603. The monoisotopic (exact) mass is 351 g/mol. The van der Waals surface area contributed by atoms with Crippen LogP contribution >= 0.6 is 0 Å². The van der Waals surface area contributed by atoms with Crippen molar-refractivity contribution in [3.05, 3.63) is 46.5 Å². The first-order valence-electron chi connectivity index (χ1n) is 8.42. The van der Waals surface area contributed by atoms with Crippen LogP contribution in [-0.2, 0) is 6.42 Å². The summed E-state index contributed by atoms with van der Waals surface area (Å²) in [7, 11) is 3.12. The molecule has 0 unspecified atom stereocenters. The number of nitrogens with zero attached hydrogens (tertiary/aromatic N) is 1. The van der Waals surface area contributed by atoms with Gasteiger partial charge in [0.2, 0.25) is 6.79 Å². The van der Waals surface area contributed by atoms with E-state index in [1.807, 2.05) is 30.3 Å². The van der Waals surface area contributed by atoms with Gasteiger partial charge in [0.05, 0.1) is 25.5 Å². The molecule has 6 nitrogen and oxygen atoms in total. The molecule has 0 aromatic heterocycles. The Balaban J connectivity index is 1.70. The van der Waals surface area contributed by atoms with Gasteiger partial charge in [-0.15, -0.1) is 0 Å². The molecule has 1 amide bonds. The number of rotatable bonds is 2. The average Bonchev–Trinajstić information content (AvgIpc) is 3.15. The maximum Gasteiger partial charge on any atom is 0.262 e. The first-order chi connectivity index (χ1) is 12.7. The molecule has 0 saturated carbocycles. The fraction of sp³-hybridized carbons (Fsp3) is 0.250. The van der Waals surface area contributed by atoms with Gasteiger partial charge in [-0.2, -0.15) is 0 Å². The van der Waals surface area contributed by atoms with Crippen molar-refractivity contribution in [3.8, 4) is 23.0 Å². The van der Waals surface area contributed by atoms with Crippen molar-refractivity contribution < 1.29 is 23.7 Å². The summed E-state index contributed by atoms with van der Waals surface area (Å²) in [6.07, 6.45) is 2.78. The molecule has 0 fully saturated rings. The molecule has 3 heterocycles. The van der Waals surface area contributed by atoms with Crippen LogP contribution in [0.5, 0.6) is 23.0 Å². The van der Waals surface area contributed by atoms with Crippen LogP contribution in [0.2, 0.25) is 0 Å². The topological polar surface area (TPSA) is 57.2 Å². The highest BCUT2D eigenvalue weighted by molar-refractivity contribution is 6.14. The summed E-state index contributed by atoms with van der Waals surface area (Å²) >= 11 is 0. The van der Waals surface area contributed by atoms with Crippen molar-refractivity contribution in [2.75, 3.05) is 27.6 Å². The van der Waals surface area contributed by atoms with Gasteiger partial charge in [-0.1, -0.05) is 0 Å². The number of hydrogen-bond acceptors (Lipinski definition) is 5. The highest BCUT2D eigenvalue weighted by Gasteiger charge is 2.37. The Bertz CT molecular complexity index is 979. The van der Waals surface area contributed by atoms with E-state index in [0.717, 1.165) is 40.3 Å². The second-order valence-corrected chi connectivity index (χ2v) is 6.36. The van der Waals surface area contributed by atoms with Gasteiger partial charge in [0, 0.05) is 12.1 Å². The largest absolute Gasteiger partial charge is 0.493 e. The predicted octanol–water partition coefficient (Wildman–Crippen LogP) is 2.94. The molecule has 2 aromatic carbocycles. The third kappa shape index (κ3) is 1.95. The third-order valence-corrected chi connectivity index (χ3v) is 5.10. The lowest BCUT2D eigenvalue weighted by Gasteiger charge is -2.15. The second kappa shape index (κ2) is 5.42. The summed E-state index contributed by atoms with van der Waals surface area (Å²) in [5, 5.41) is 0. The summed E-state index contributed by atoms with van der Waals surface area (Å²) < 4.78 is 21.8. The highest BCUT2D eigenvalue weighted by atomic mass is 16.7. The Hall–Kier alpha value is -3.15. The van der Waals surface area contributed by atoms with E-state index < -0.39 is 0 Å². The quantitative estimate of drug-likeness (QED) is 0.833. The van der Waals surface area contributed by atoms with Crippen molar-refractivity contribution in [1.29, 1.82) is 0 Å². The van der Waals surface area contributed by atoms with Crippen molar-refractivity contribution in [1.82, 2.24) is 4.90 Å². The molecule has 132 valence electrons. The van der Waals surface area contributed by atoms with E-state index in [4.69, 9.17) is 18.9 Å². The molecule has 2 aromatic rings. The molecule has 5 rings (SSSR count). The van der Waals surface area contributed by atoms with E-state index in [-0.39, 0.29) is 12.7 Å². The molecule has 6 heteroatoms. The molecular formula is C20H17NO5. The van der Waals surface area contributed by atoms with E-state index in [9.17, 15) is 4.79 Å². The minimum atomic E-state index is -0.0603. The van der Waals surface area contributed by atoms with Crippen molar-refractivity contribution in [3.63, 3.8) is 0 Å². The van der Waals surface area contributed by atoms with Crippen LogP contribution in [0.4, 0.5) is 0 Å². The first-order valence-corrected chi connectivity index (χ1v) is 8.42. The van der Waals surface area contributed by atoms with Crippen molar-refractivity contribution >= 4 is 17.7 Å². The zero-order chi connectivity index (χ0) is 17.8. The maximum absolute atomic E-state index is 13.1. The standard InChI is InChI=1S/C20H17NO5/c1-23-15-4-3-13-14-7-12-9-17-16(25-10-26-17)8-11(12)5-6-21(14)20(22)18(13)19(15)24-2/h3-4,7-9H,5-6,10H2,1-2H3. The molecule has 0 saturated heterocycles. The van der Waals surface area contributed by atoms with Crippen LogP contribution in [0.15, 0.2) is 24.3 Å². The average molecular weight is 351 g/mol. The van der Waals surface area contributed by atoms with Gasteiger partial charge in [0.25, 0.3) is 5.91 Å². The summed E-state index contributed by atoms with van der Waals surface area (Å²) in [6, 6.07) is 7.74. The van der Waals surface area contributed by atoms with Gasteiger partial charge in [-0.25, -0.2) is 0 Å². The van der Waals surface area contributed by atoms with Crippen LogP contribution in [0, 0.1) is 0 Å². The van der Waals surface area contributed by atoms with E-state index in [0.29, 0.717) is 23.6 Å². The van der Waals surface area contributed by atoms with Gasteiger partial charge in [-0.05, 0) is 47.9 Å². The normalized spacial score (nSPS) is 16.5. The van der Waals surface area contributed by atoms with Gasteiger partial charge >= 0.3 is 0 Å². The lowest BCUT2D eigenvalue weighted by Crippen LogP contribution is -2.24. The van der Waals surface area contributed by atoms with Crippen molar-refractivity contribution in [2.45, 2.75) is 6.42 Å². The van der Waals surface area contributed by atoms with Crippen LogP contribution in [0.25, 0.3) is 11.8 Å². The molecule has 26 heavy (non-hydrogen) atoms. The van der Waals surface area contributed by atoms with Crippen LogP contribution in [-0.4, -0.2) is 38.4 Å². The molecule has 3 aliphatic heterocycles. The van der Waals surface area contributed by atoms with E-state index >= 15 is 0 Å². The van der Waals surface area contributed by atoms with Gasteiger partial charge in [0.1, 0.15) is 0 Å². The molecule has 0 bridgehead atoms. The Kier molecular flexibility index (Phi) is 3.16. The molecule has 0 spiro atoms. The van der Waals surface area contributed by atoms with E-state index in [1.165, 1.54) is 0 Å². The Morgan fingerprint density at radius 2 is 1.88 bits per heavy atom. The second-order valence-electron chi connectivity index (χ2n) is 6.36. The minimum Gasteiger partial charge on any atom is -0.493 e. The molecular weight excluding hydrogens is 334 g/mol. The number of fused-ring (bicyclic) bond motifs is 5. The fourth-order valence-corrected chi connectivity index (χ4v) is 3.85. The smallest absolute Gasteiger partial charge is 0.262 e. The lowest BCUT2D eigenvalue weighted by atomic mass is 10.0. The summed E-state index contributed by atoms with van der Waals surface area (Å²) in [5.74, 6) is 2.49. The molecule has 0 aliphatic carbocycles. The lowest BCUT2D eigenvalue weighted by molar-refractivity contribution is 0.0849. The first kappa shape index (κ1) is 15.1. The zero-order valence-corrected chi connectivity index (χ0v) is 14.5. The SMILES string of the molecule is COc1ccc2c(c1OC)C(=O)N1CCc3cc4c(cc3C=C21)OCO4. The fourth-order valence-electron chi connectivity index (χ4n) is 3.85. The maximum atomic E-state index is 13.1. The summed E-state index contributed by atoms with van der Waals surface area (Å²) in [5.41, 5.74) is 4.48. The molecule has 0 radical (unpaired) electrons. The summed E-state index contributed by atoms with van der Waals surface area (Å²) in [4.78, 5) is 14.9. The van der Waals surface area contributed by atoms with Gasteiger partial charge in [-0.3, -0.25) is 4.79 Å². The molecule has 3 aliphatic rings. The number of ether oxygens (including phenoxy) is 4. The zero-order valence-electron chi connectivity index (χ0n) is 14.5. The number of benzene rings is 2. The van der Waals surface area contributed by atoms with E-state index in [2.05, 4.69) is 0 Å². The van der Waals surface area contributed by atoms with E-state index in [1.54, 1.807) is 19.1 Å². The Morgan fingerprint density at radius 3 is 2.65 bits per heavy atom. The molecule has 0 atom stereocenters. The number of carbonyl (C=O) groups is 1. The number of hydrogen-bond donors (Lipinski definition) is 0. The number of methoxy groups -OCH3 is 2. The van der Waals surface area contributed by atoms with Crippen LogP contribution < -0.4 is 18.9 Å². The number of amides is 1. The van der Waals surface area contributed by atoms with Crippen LogP contribution in [0.1, 0.15) is 27.0 Å². The molecule has 0 N–H and O–H groups in total. The summed E-state index contributed by atoms with van der Waals surface area (Å²) in [6.45, 7) is 0.844. The Labute approximate surface area is 150 Å². The van der Waals surface area contributed by atoms with Crippen molar-refractivity contribution in [2.24, 2.45) is 0 Å². The third-order valence-electron chi connectivity index (χ3n) is 5.10. The van der Waals surface area contributed by atoms with Gasteiger partial charge < -0.3 is 23.8 Å². The highest BCUT2D eigenvalue weighted by Crippen LogP contribution is 2.45. The van der Waals surface area contributed by atoms with Gasteiger partial charge in [0.15, 0.2) is 23.0 Å². The van der Waals surface area contributed by atoms with Crippen LogP contribution in [0.3, 0.4) is 0 Å².